The molecule has 0 saturated heterocycles. The maximum Gasteiger partial charge on any atom is 0.338 e. The molecule has 0 bridgehead atoms. The zero-order valence-electron chi connectivity index (χ0n) is 13.3. The van der Waals surface area contributed by atoms with E-state index in [1.165, 1.54) is 12.1 Å². The number of hydrogen-bond donors (Lipinski definition) is 1. The SMILES string of the molecule is CCCOC(=O)c1ccc(Cl)c(NC(=O)/C=C\c2ccccc2)c1. The quantitative estimate of drug-likeness (QED) is 0.618. The summed E-state index contributed by atoms with van der Waals surface area (Å²) in [6, 6.07) is 14.1. The van der Waals surface area contributed by atoms with Crippen molar-refractivity contribution >= 4 is 35.2 Å². The number of ether oxygens (including phenoxy) is 1. The van der Waals surface area contributed by atoms with E-state index in [0.717, 1.165) is 12.0 Å². The van der Waals surface area contributed by atoms with E-state index in [-0.39, 0.29) is 5.91 Å². The first kappa shape index (κ1) is 17.8. The fourth-order valence-electron chi connectivity index (χ4n) is 1.94. The largest absolute Gasteiger partial charge is 0.462 e. The average molecular weight is 344 g/mol. The minimum atomic E-state index is -0.441. The van der Waals surface area contributed by atoms with E-state index in [1.807, 2.05) is 37.3 Å². The molecule has 0 spiro atoms. The van der Waals surface area contributed by atoms with Gasteiger partial charge >= 0.3 is 5.97 Å². The molecular formula is C19H18ClNO3. The molecule has 5 heteroatoms. The lowest BCUT2D eigenvalue weighted by Gasteiger charge is -2.08. The molecule has 1 amide bonds. The first-order valence-electron chi connectivity index (χ1n) is 7.61. The normalized spacial score (nSPS) is 10.6. The van der Waals surface area contributed by atoms with Crippen LogP contribution in [0, 0.1) is 0 Å². The maximum absolute atomic E-state index is 12.0. The van der Waals surface area contributed by atoms with Crippen molar-refractivity contribution in [3.63, 3.8) is 0 Å². The molecule has 2 rings (SSSR count). The van der Waals surface area contributed by atoms with E-state index in [2.05, 4.69) is 5.32 Å². The van der Waals surface area contributed by atoms with E-state index in [9.17, 15) is 9.59 Å². The first-order valence-corrected chi connectivity index (χ1v) is 7.98. The lowest BCUT2D eigenvalue weighted by Crippen LogP contribution is -2.10. The molecule has 0 aliphatic heterocycles. The highest BCUT2D eigenvalue weighted by molar-refractivity contribution is 6.34. The van der Waals surface area contributed by atoms with Crippen LogP contribution < -0.4 is 5.32 Å². The maximum atomic E-state index is 12.0. The number of amides is 1. The van der Waals surface area contributed by atoms with Crippen LogP contribution >= 0.6 is 11.6 Å². The van der Waals surface area contributed by atoms with Gasteiger partial charge in [0.2, 0.25) is 5.91 Å². The van der Waals surface area contributed by atoms with Gasteiger partial charge < -0.3 is 10.1 Å². The molecule has 0 fully saturated rings. The second-order valence-electron chi connectivity index (χ2n) is 5.06. The van der Waals surface area contributed by atoms with Gasteiger partial charge in [0, 0.05) is 6.08 Å². The summed E-state index contributed by atoms with van der Waals surface area (Å²) < 4.78 is 5.07. The van der Waals surface area contributed by atoms with Crippen molar-refractivity contribution in [2.45, 2.75) is 13.3 Å². The zero-order valence-corrected chi connectivity index (χ0v) is 14.0. The second kappa shape index (κ2) is 8.89. The van der Waals surface area contributed by atoms with Crippen LogP contribution in [0.15, 0.2) is 54.6 Å². The van der Waals surface area contributed by atoms with Gasteiger partial charge in [-0.25, -0.2) is 4.79 Å². The molecule has 0 saturated carbocycles. The number of halogens is 1. The standard InChI is InChI=1S/C19H18ClNO3/c1-2-12-24-19(23)15-9-10-16(20)17(13-15)21-18(22)11-8-14-6-4-3-5-7-14/h3-11,13H,2,12H2,1H3,(H,21,22)/b11-8-. The molecular weight excluding hydrogens is 326 g/mol. The highest BCUT2D eigenvalue weighted by Gasteiger charge is 2.11. The minimum Gasteiger partial charge on any atom is -0.462 e. The van der Waals surface area contributed by atoms with Crippen LogP contribution in [0.1, 0.15) is 29.3 Å². The summed E-state index contributed by atoms with van der Waals surface area (Å²) in [4.78, 5) is 23.9. The van der Waals surface area contributed by atoms with Crippen LogP contribution in [-0.2, 0) is 9.53 Å². The van der Waals surface area contributed by atoms with Crippen LogP contribution in [0.5, 0.6) is 0 Å². The summed E-state index contributed by atoms with van der Waals surface area (Å²) >= 11 is 6.08. The van der Waals surface area contributed by atoms with Gasteiger partial charge in [0.25, 0.3) is 0 Å². The summed E-state index contributed by atoms with van der Waals surface area (Å²) in [5, 5.41) is 3.02. The molecule has 2 aromatic carbocycles. The molecule has 0 unspecified atom stereocenters. The first-order chi connectivity index (χ1) is 11.6. The number of carbonyl (C=O) groups is 2. The number of esters is 1. The highest BCUT2D eigenvalue weighted by atomic mass is 35.5. The fourth-order valence-corrected chi connectivity index (χ4v) is 2.10. The van der Waals surface area contributed by atoms with Crippen molar-refractivity contribution in [3.8, 4) is 0 Å². The Hall–Kier alpha value is -2.59. The average Bonchev–Trinajstić information content (AvgIpc) is 2.60. The van der Waals surface area contributed by atoms with E-state index in [4.69, 9.17) is 16.3 Å². The Balaban J connectivity index is 2.07. The molecule has 1 N–H and O–H groups in total. The molecule has 0 radical (unpaired) electrons. The monoisotopic (exact) mass is 343 g/mol. The predicted molar refractivity (Wildman–Crippen MR) is 96.1 cm³/mol. The lowest BCUT2D eigenvalue weighted by molar-refractivity contribution is -0.111. The summed E-state index contributed by atoms with van der Waals surface area (Å²) in [7, 11) is 0. The number of anilines is 1. The number of rotatable bonds is 6. The predicted octanol–water partition coefficient (Wildman–Crippen LogP) is 4.56. The Morgan fingerprint density at radius 3 is 2.62 bits per heavy atom. The van der Waals surface area contributed by atoms with Crippen LogP contribution in [0.25, 0.3) is 6.08 Å². The third-order valence-electron chi connectivity index (χ3n) is 3.12. The van der Waals surface area contributed by atoms with Gasteiger partial charge in [-0.05, 0) is 36.3 Å². The fraction of sp³-hybridized carbons (Fsp3) is 0.158. The van der Waals surface area contributed by atoms with E-state index >= 15 is 0 Å². The molecule has 0 atom stereocenters. The van der Waals surface area contributed by atoms with E-state index in [1.54, 1.807) is 18.2 Å². The van der Waals surface area contributed by atoms with Crippen molar-refractivity contribution in [1.82, 2.24) is 0 Å². The number of carbonyl (C=O) groups excluding carboxylic acids is 2. The molecule has 124 valence electrons. The van der Waals surface area contributed by atoms with Crippen molar-refractivity contribution < 1.29 is 14.3 Å². The second-order valence-corrected chi connectivity index (χ2v) is 5.47. The van der Waals surface area contributed by atoms with Crippen molar-refractivity contribution in [2.24, 2.45) is 0 Å². The smallest absolute Gasteiger partial charge is 0.338 e. The molecule has 0 aliphatic carbocycles. The van der Waals surface area contributed by atoms with Gasteiger partial charge in [-0.2, -0.15) is 0 Å². The number of hydrogen-bond acceptors (Lipinski definition) is 3. The molecule has 2 aromatic rings. The van der Waals surface area contributed by atoms with Crippen LogP contribution in [0.2, 0.25) is 5.02 Å². The van der Waals surface area contributed by atoms with Crippen LogP contribution in [-0.4, -0.2) is 18.5 Å². The van der Waals surface area contributed by atoms with Gasteiger partial charge in [0.15, 0.2) is 0 Å². The third kappa shape index (κ3) is 5.25. The van der Waals surface area contributed by atoms with Gasteiger partial charge in [0.1, 0.15) is 0 Å². The van der Waals surface area contributed by atoms with Crippen LogP contribution in [0.3, 0.4) is 0 Å². The molecule has 4 nitrogen and oxygen atoms in total. The summed E-state index contributed by atoms with van der Waals surface area (Å²) in [5.41, 5.74) is 1.62. The van der Waals surface area contributed by atoms with Crippen LogP contribution in [0.4, 0.5) is 5.69 Å². The number of benzene rings is 2. The van der Waals surface area contributed by atoms with Crippen molar-refractivity contribution in [2.75, 3.05) is 11.9 Å². The minimum absolute atomic E-state index is 0.333. The Bertz CT molecular complexity index is 742. The summed E-state index contributed by atoms with van der Waals surface area (Å²) in [6.45, 7) is 2.27. The molecule has 0 heterocycles. The Kier molecular flexibility index (Phi) is 6.58. The highest BCUT2D eigenvalue weighted by Crippen LogP contribution is 2.23. The third-order valence-corrected chi connectivity index (χ3v) is 3.45. The molecule has 0 aromatic heterocycles. The Morgan fingerprint density at radius 1 is 1.17 bits per heavy atom. The van der Waals surface area contributed by atoms with Crippen molar-refractivity contribution in [1.29, 1.82) is 0 Å². The lowest BCUT2D eigenvalue weighted by atomic mass is 10.2. The number of nitrogens with one attached hydrogen (secondary N) is 1. The molecule has 0 aliphatic rings. The topological polar surface area (TPSA) is 55.4 Å². The summed E-state index contributed by atoms with van der Waals surface area (Å²) in [6.07, 6.45) is 3.85. The van der Waals surface area contributed by atoms with E-state index in [0.29, 0.717) is 22.9 Å². The Morgan fingerprint density at radius 2 is 1.92 bits per heavy atom. The van der Waals surface area contributed by atoms with E-state index < -0.39 is 5.97 Å². The van der Waals surface area contributed by atoms with Crippen molar-refractivity contribution in [3.05, 3.63) is 70.8 Å². The molecule has 24 heavy (non-hydrogen) atoms. The van der Waals surface area contributed by atoms with Gasteiger partial charge in [-0.3, -0.25) is 4.79 Å². The Labute approximate surface area is 146 Å². The van der Waals surface area contributed by atoms with Gasteiger partial charge in [-0.15, -0.1) is 0 Å². The zero-order chi connectivity index (χ0) is 17.4. The van der Waals surface area contributed by atoms with Gasteiger partial charge in [0.05, 0.1) is 22.9 Å². The summed E-state index contributed by atoms with van der Waals surface area (Å²) in [5.74, 6) is -0.774. The van der Waals surface area contributed by atoms with Gasteiger partial charge in [-0.1, -0.05) is 48.9 Å².